The quantitative estimate of drug-likeness (QED) is 0.639. The van der Waals surface area contributed by atoms with Crippen molar-refractivity contribution in [2.24, 2.45) is 0 Å². The number of hydrogen-bond donors (Lipinski definition) is 0. The molecule has 2 aromatic heterocycles. The second-order valence-electron chi connectivity index (χ2n) is 2.65. The van der Waals surface area contributed by atoms with Gasteiger partial charge in [-0.3, -0.25) is 4.98 Å². The van der Waals surface area contributed by atoms with Gasteiger partial charge in [0.05, 0.1) is 0 Å². The van der Waals surface area contributed by atoms with Crippen LogP contribution in [0.3, 0.4) is 0 Å². The van der Waals surface area contributed by atoms with Crippen LogP contribution in [0.1, 0.15) is 5.76 Å². The molecule has 0 aliphatic rings. The molecule has 0 aromatic carbocycles. The molecule has 60 valence electrons. The molecule has 0 saturated carbocycles. The van der Waals surface area contributed by atoms with Crippen LogP contribution in [0.2, 0.25) is 0 Å². The maximum Gasteiger partial charge on any atom is 0.134 e. The number of hydrogen-bond acceptors (Lipinski definition) is 2. The number of pyridine rings is 1. The molecule has 0 bridgehead atoms. The largest absolute Gasteiger partial charge is 0.461 e. The minimum absolute atomic E-state index is 0.898. The van der Waals surface area contributed by atoms with E-state index in [2.05, 4.69) is 4.98 Å². The van der Waals surface area contributed by atoms with E-state index >= 15 is 0 Å². The van der Waals surface area contributed by atoms with E-state index in [4.69, 9.17) is 4.42 Å². The van der Waals surface area contributed by atoms with Crippen LogP contribution in [-0.4, -0.2) is 4.98 Å². The molecule has 0 aliphatic carbocycles. The fourth-order valence-corrected chi connectivity index (χ4v) is 1.11. The first-order valence-corrected chi connectivity index (χ1v) is 3.83. The normalized spacial score (nSPS) is 10.1. The fourth-order valence-electron chi connectivity index (χ4n) is 1.11. The molecule has 0 aliphatic heterocycles. The maximum atomic E-state index is 5.44. The van der Waals surface area contributed by atoms with Crippen LogP contribution < -0.4 is 0 Å². The molecule has 0 atom stereocenters. The van der Waals surface area contributed by atoms with Crippen molar-refractivity contribution in [3.8, 4) is 11.3 Å². The molecule has 0 spiro atoms. The highest BCUT2D eigenvalue weighted by atomic mass is 16.3. The SMILES string of the molecule is Cc1ccc(-c2ccncc2)o1. The zero-order chi connectivity index (χ0) is 8.39. The van der Waals surface area contributed by atoms with Crippen molar-refractivity contribution in [3.63, 3.8) is 0 Å². The van der Waals surface area contributed by atoms with E-state index in [1.807, 2.05) is 31.2 Å². The van der Waals surface area contributed by atoms with Gasteiger partial charge in [-0.15, -0.1) is 0 Å². The topological polar surface area (TPSA) is 26.0 Å². The molecule has 2 heterocycles. The standard InChI is InChI=1S/C10H9NO/c1-8-2-3-10(12-8)9-4-6-11-7-5-9/h2-7H,1H3. The van der Waals surface area contributed by atoms with E-state index in [1.54, 1.807) is 12.4 Å². The van der Waals surface area contributed by atoms with Gasteiger partial charge in [0.2, 0.25) is 0 Å². The van der Waals surface area contributed by atoms with E-state index in [0.29, 0.717) is 0 Å². The molecule has 2 nitrogen and oxygen atoms in total. The Balaban J connectivity index is 2.45. The smallest absolute Gasteiger partial charge is 0.134 e. The number of rotatable bonds is 1. The molecule has 2 aromatic rings. The Morgan fingerprint density at radius 1 is 1.08 bits per heavy atom. The van der Waals surface area contributed by atoms with Gasteiger partial charge >= 0.3 is 0 Å². The lowest BCUT2D eigenvalue weighted by Crippen LogP contribution is -1.73. The van der Waals surface area contributed by atoms with Crippen LogP contribution >= 0.6 is 0 Å². The van der Waals surface area contributed by atoms with E-state index in [0.717, 1.165) is 17.1 Å². The van der Waals surface area contributed by atoms with Crippen molar-refractivity contribution in [3.05, 3.63) is 42.4 Å². The molecule has 0 N–H and O–H groups in total. The predicted molar refractivity (Wildman–Crippen MR) is 46.7 cm³/mol. The highest BCUT2D eigenvalue weighted by molar-refractivity contribution is 5.56. The molecule has 2 heteroatoms. The average molecular weight is 159 g/mol. The predicted octanol–water partition coefficient (Wildman–Crippen LogP) is 2.65. The summed E-state index contributed by atoms with van der Waals surface area (Å²) in [6.45, 7) is 1.94. The number of nitrogens with zero attached hydrogens (tertiary/aromatic N) is 1. The number of aromatic nitrogens is 1. The molecule has 12 heavy (non-hydrogen) atoms. The third kappa shape index (κ3) is 1.23. The summed E-state index contributed by atoms with van der Waals surface area (Å²) < 4.78 is 5.44. The first kappa shape index (κ1) is 7.10. The third-order valence-corrected chi connectivity index (χ3v) is 1.71. The summed E-state index contributed by atoms with van der Waals surface area (Å²) in [4.78, 5) is 3.94. The van der Waals surface area contributed by atoms with Crippen LogP contribution in [0.15, 0.2) is 41.1 Å². The summed E-state index contributed by atoms with van der Waals surface area (Å²) in [7, 11) is 0. The minimum Gasteiger partial charge on any atom is -0.461 e. The van der Waals surface area contributed by atoms with Gasteiger partial charge in [-0.1, -0.05) is 0 Å². The van der Waals surface area contributed by atoms with Crippen molar-refractivity contribution in [1.29, 1.82) is 0 Å². The van der Waals surface area contributed by atoms with E-state index in [9.17, 15) is 0 Å². The van der Waals surface area contributed by atoms with Crippen LogP contribution in [0, 0.1) is 6.92 Å². The molecule has 0 amide bonds. The Bertz CT molecular complexity index is 364. The highest BCUT2D eigenvalue weighted by Crippen LogP contribution is 2.20. The van der Waals surface area contributed by atoms with Crippen molar-refractivity contribution in [2.75, 3.05) is 0 Å². The van der Waals surface area contributed by atoms with Gasteiger partial charge in [0.25, 0.3) is 0 Å². The van der Waals surface area contributed by atoms with Crippen LogP contribution in [0.25, 0.3) is 11.3 Å². The van der Waals surface area contributed by atoms with Crippen molar-refractivity contribution < 1.29 is 4.42 Å². The van der Waals surface area contributed by atoms with Gasteiger partial charge in [-0.25, -0.2) is 0 Å². The zero-order valence-corrected chi connectivity index (χ0v) is 6.82. The Kier molecular flexibility index (Phi) is 1.67. The van der Waals surface area contributed by atoms with Gasteiger partial charge in [0, 0.05) is 18.0 Å². The lowest BCUT2D eigenvalue weighted by Gasteiger charge is -1.93. The Labute approximate surface area is 70.9 Å². The lowest BCUT2D eigenvalue weighted by atomic mass is 10.2. The van der Waals surface area contributed by atoms with Crippen molar-refractivity contribution in [2.45, 2.75) is 6.92 Å². The molecular weight excluding hydrogens is 150 g/mol. The van der Waals surface area contributed by atoms with Gasteiger partial charge in [0.1, 0.15) is 11.5 Å². The monoisotopic (exact) mass is 159 g/mol. The Morgan fingerprint density at radius 2 is 1.83 bits per heavy atom. The van der Waals surface area contributed by atoms with Crippen molar-refractivity contribution in [1.82, 2.24) is 4.98 Å². The number of furan rings is 1. The molecule has 0 radical (unpaired) electrons. The molecule has 0 unspecified atom stereocenters. The summed E-state index contributed by atoms with van der Waals surface area (Å²) >= 11 is 0. The first-order valence-electron chi connectivity index (χ1n) is 3.83. The minimum atomic E-state index is 0.898. The summed E-state index contributed by atoms with van der Waals surface area (Å²) in [5.74, 6) is 1.83. The second-order valence-corrected chi connectivity index (χ2v) is 2.65. The second kappa shape index (κ2) is 2.81. The third-order valence-electron chi connectivity index (χ3n) is 1.71. The van der Waals surface area contributed by atoms with Gasteiger partial charge in [0.15, 0.2) is 0 Å². The zero-order valence-electron chi connectivity index (χ0n) is 6.82. The highest BCUT2D eigenvalue weighted by Gasteiger charge is 1.99. The van der Waals surface area contributed by atoms with Crippen LogP contribution in [0.4, 0.5) is 0 Å². The Hall–Kier alpha value is -1.57. The van der Waals surface area contributed by atoms with Gasteiger partial charge in [-0.05, 0) is 31.2 Å². The molecule has 2 rings (SSSR count). The summed E-state index contributed by atoms with van der Waals surface area (Å²) in [5, 5.41) is 0. The summed E-state index contributed by atoms with van der Waals surface area (Å²) in [6, 6.07) is 7.77. The summed E-state index contributed by atoms with van der Waals surface area (Å²) in [5.41, 5.74) is 1.07. The first-order chi connectivity index (χ1) is 5.86. The molecule has 0 saturated heterocycles. The molecular formula is C10H9NO. The van der Waals surface area contributed by atoms with E-state index < -0.39 is 0 Å². The fraction of sp³-hybridized carbons (Fsp3) is 0.100. The van der Waals surface area contributed by atoms with Gasteiger partial charge < -0.3 is 4.42 Å². The van der Waals surface area contributed by atoms with E-state index in [-0.39, 0.29) is 0 Å². The average Bonchev–Trinajstić information content (AvgIpc) is 2.54. The van der Waals surface area contributed by atoms with E-state index in [1.165, 1.54) is 0 Å². The van der Waals surface area contributed by atoms with Gasteiger partial charge in [-0.2, -0.15) is 0 Å². The van der Waals surface area contributed by atoms with Crippen molar-refractivity contribution >= 4 is 0 Å². The number of aryl methyl sites for hydroxylation is 1. The Morgan fingerprint density at radius 3 is 2.42 bits per heavy atom. The lowest BCUT2D eigenvalue weighted by molar-refractivity contribution is 0.548. The van der Waals surface area contributed by atoms with Crippen LogP contribution in [-0.2, 0) is 0 Å². The van der Waals surface area contributed by atoms with Crippen LogP contribution in [0.5, 0.6) is 0 Å². The maximum absolute atomic E-state index is 5.44. The summed E-state index contributed by atoms with van der Waals surface area (Å²) in [6.07, 6.45) is 3.51. The molecule has 0 fully saturated rings.